The number of benzene rings is 10. The summed E-state index contributed by atoms with van der Waals surface area (Å²) in [6.45, 7) is 56.0. The predicted octanol–water partition coefficient (Wildman–Crippen LogP) is 31.4. The summed E-state index contributed by atoms with van der Waals surface area (Å²) in [5.74, 6) is 1.77. The maximum Gasteiger partial charge on any atom is 0.318 e. The summed E-state index contributed by atoms with van der Waals surface area (Å²) in [6.07, 6.45) is 17.6. The zero-order chi connectivity index (χ0) is 82.5. The van der Waals surface area contributed by atoms with Crippen molar-refractivity contribution in [1.29, 1.82) is 0 Å². The molecular formula is C108H124N4O2P2. The molecule has 0 saturated carbocycles. The van der Waals surface area contributed by atoms with E-state index in [0.29, 0.717) is 0 Å². The van der Waals surface area contributed by atoms with Gasteiger partial charge in [0.05, 0.1) is 22.1 Å². The predicted molar refractivity (Wildman–Crippen MR) is 501 cm³/mol. The van der Waals surface area contributed by atoms with Gasteiger partial charge in [0.2, 0.25) is 0 Å². The van der Waals surface area contributed by atoms with Crippen molar-refractivity contribution in [2.24, 2.45) is 0 Å². The van der Waals surface area contributed by atoms with Gasteiger partial charge in [-0.05, 0) is 291 Å². The molecule has 2 aliphatic rings. The van der Waals surface area contributed by atoms with Gasteiger partial charge in [-0.3, -0.25) is 17.4 Å². The molecule has 16 rings (SSSR count). The van der Waals surface area contributed by atoms with Gasteiger partial charge in [-0.2, -0.15) is 0 Å². The summed E-state index contributed by atoms with van der Waals surface area (Å²) < 4.78 is 26.5. The Morgan fingerprint density at radius 2 is 0.440 bits per heavy atom. The van der Waals surface area contributed by atoms with Crippen LogP contribution in [-0.2, 0) is 69.0 Å². The van der Waals surface area contributed by atoms with Crippen molar-refractivity contribution in [3.05, 3.63) is 286 Å². The Bertz CT molecular complexity index is 5330. The first-order valence-electron chi connectivity index (χ1n) is 42.9. The molecule has 0 saturated heterocycles. The summed E-state index contributed by atoms with van der Waals surface area (Å²) in [5, 5.41) is 4.69. The van der Waals surface area contributed by atoms with Crippen LogP contribution in [0.5, 0.6) is 11.5 Å². The average molecular weight is 1570 g/mol. The van der Waals surface area contributed by atoms with Gasteiger partial charge in [-0.25, -0.2) is 0 Å². The highest BCUT2D eigenvalue weighted by Crippen LogP contribution is 2.57. The third kappa shape index (κ3) is 15.9. The van der Waals surface area contributed by atoms with E-state index in [1.54, 1.807) is 0 Å². The number of hydrogen-bond donors (Lipinski definition) is 0. The van der Waals surface area contributed by atoms with Crippen molar-refractivity contribution >= 4 is 60.5 Å². The first-order valence-corrected chi connectivity index (χ1v) is 45.2. The van der Waals surface area contributed by atoms with Gasteiger partial charge in [0.15, 0.2) is 0 Å². The van der Waals surface area contributed by atoms with Gasteiger partial charge in [-0.1, -0.05) is 275 Å². The summed E-state index contributed by atoms with van der Waals surface area (Å²) >= 11 is 0. The lowest BCUT2D eigenvalue weighted by molar-refractivity contribution is 0.568. The molecule has 0 fully saturated rings. The molecule has 6 nitrogen and oxygen atoms in total. The molecule has 0 spiro atoms. The van der Waals surface area contributed by atoms with Crippen molar-refractivity contribution in [1.82, 2.24) is 17.4 Å². The number of aromatic nitrogens is 4. The fraction of sp³-hybridized carbons (Fsp3) is 0.370. The van der Waals surface area contributed by atoms with E-state index >= 15 is 0 Å². The maximum absolute atomic E-state index is 8.35. The Hall–Kier alpha value is -9.18. The minimum Gasteiger partial charge on any atom is -0.435 e. The second-order valence-electron chi connectivity index (χ2n) is 42.2. The number of fused-ring (bicyclic) bond motifs is 6. The molecular weight excluding hydrogens is 1450 g/mol. The van der Waals surface area contributed by atoms with Gasteiger partial charge in [0, 0.05) is 57.5 Å². The smallest absolute Gasteiger partial charge is 0.318 e. The van der Waals surface area contributed by atoms with Crippen molar-refractivity contribution < 1.29 is 9.05 Å². The van der Waals surface area contributed by atoms with Gasteiger partial charge in [0.25, 0.3) is 0 Å². The van der Waals surface area contributed by atoms with E-state index in [-0.39, 0.29) is 43.3 Å². The molecule has 0 atom stereocenters. The molecule has 0 unspecified atom stereocenters. The molecule has 116 heavy (non-hydrogen) atoms. The first kappa shape index (κ1) is 80.6. The highest BCUT2D eigenvalue weighted by Gasteiger charge is 2.35. The largest absolute Gasteiger partial charge is 0.435 e. The maximum atomic E-state index is 8.35. The minimum atomic E-state index is -1.70. The Labute approximate surface area is 696 Å². The molecule has 0 aliphatic heterocycles. The van der Waals surface area contributed by atoms with Crippen molar-refractivity contribution in [3.8, 4) is 67.1 Å². The van der Waals surface area contributed by atoms with Crippen LogP contribution >= 0.6 is 16.9 Å². The highest BCUT2D eigenvalue weighted by molar-refractivity contribution is 7.50. The molecule has 4 heterocycles. The Morgan fingerprint density at radius 3 is 0.655 bits per heavy atom. The van der Waals surface area contributed by atoms with Crippen LogP contribution in [0.3, 0.4) is 0 Å². The van der Waals surface area contributed by atoms with Gasteiger partial charge < -0.3 is 9.05 Å². The van der Waals surface area contributed by atoms with E-state index in [9.17, 15) is 0 Å². The molecule has 8 heteroatoms. The zero-order valence-electron chi connectivity index (χ0n) is 73.9. The second kappa shape index (κ2) is 29.4. The molecule has 598 valence electrons. The van der Waals surface area contributed by atoms with Crippen molar-refractivity contribution in [2.45, 2.75) is 261 Å². The minimum absolute atomic E-state index is 0.0209. The monoisotopic (exact) mass is 1570 g/mol. The lowest BCUT2D eigenvalue weighted by Gasteiger charge is -2.31. The zero-order valence-corrected chi connectivity index (χ0v) is 75.7. The van der Waals surface area contributed by atoms with Gasteiger partial charge in [0.1, 0.15) is 11.5 Å². The molecule has 0 N–H and O–H groups in total. The van der Waals surface area contributed by atoms with E-state index < -0.39 is 16.9 Å². The van der Waals surface area contributed by atoms with Crippen LogP contribution in [-0.4, -0.2) is 17.4 Å². The quantitative estimate of drug-likeness (QED) is 0.108. The summed E-state index contributed by atoms with van der Waals surface area (Å²) in [4.78, 5) is 0. The number of aryl methyl sites for hydroxylation is 2. The second-order valence-corrected chi connectivity index (χ2v) is 45.3. The number of hydrogen-bond acceptors (Lipinski definition) is 2. The third-order valence-electron chi connectivity index (χ3n) is 25.0. The molecule has 0 radical (unpaired) electrons. The van der Waals surface area contributed by atoms with Crippen LogP contribution in [0, 0.1) is 0 Å². The van der Waals surface area contributed by atoms with E-state index in [2.05, 4.69) is 402 Å². The standard InChI is InChI=1S/C108H124N4O2P2/c1-101(2,3)83-57-79(58-84(65-83)102(4,5)6)71-33-39-93-75(53-71)45-49-109(93)115(110-50-46-76-54-72(34-40-94(76)110)80-59-85(103(7,8)9)66-86(60-80)104(10,11)12)113-97-43-37-69-29-25-27-31-91(69)99(97)100-92-32-28-26-30-70(92)38-44-98(100)114-116(111-51-47-77-55-73(35-41-95(77)111)81-61-87(105(13,14)15)67-88(62-81)106(16,17)18)112-52-48-78-56-74(36-42-96(78)112)82-63-89(107(19,20)21)68-90(64-82)108(22,23)24/h33-68H,25-32H2,1-24H3. The molecule has 0 amide bonds. The van der Waals surface area contributed by atoms with Crippen molar-refractivity contribution in [3.63, 3.8) is 0 Å². The fourth-order valence-electron chi connectivity index (χ4n) is 17.3. The third-order valence-corrected chi connectivity index (χ3v) is 28.6. The van der Waals surface area contributed by atoms with E-state index in [1.165, 1.54) is 144 Å². The topological polar surface area (TPSA) is 38.2 Å². The molecule has 0 bridgehead atoms. The van der Waals surface area contributed by atoms with E-state index in [0.717, 1.165) is 84.9 Å². The van der Waals surface area contributed by atoms with Crippen LogP contribution in [0.1, 0.15) is 259 Å². The Kier molecular flexibility index (Phi) is 20.4. The lowest BCUT2D eigenvalue weighted by atomic mass is 9.79. The van der Waals surface area contributed by atoms with Gasteiger partial charge >= 0.3 is 16.9 Å². The SMILES string of the molecule is CC(C)(C)c1cc(-c2ccc3c(ccn3P(Oc3ccc4c(c3-c3c(OP(n5ccc6cc(-c7cc(C(C)(C)C)cc(C(C)(C)C)c7)ccc65)n5ccc6cc(-c7cc(C(C)(C)C)cc(C(C)(C)C)c7)ccc65)ccc5c3CCCC5)CCCC4)n3ccc4cc(-c5cc(C(C)(C)C)cc(C(C)(C)C)c5)ccc43)c2)cc(C(C)(C)C)c1. The van der Waals surface area contributed by atoms with Crippen LogP contribution in [0.25, 0.3) is 99.2 Å². The van der Waals surface area contributed by atoms with Crippen molar-refractivity contribution in [2.75, 3.05) is 0 Å². The summed E-state index contributed by atoms with van der Waals surface area (Å²) in [6, 6.07) is 76.4. The van der Waals surface area contributed by atoms with Crippen LogP contribution in [0.4, 0.5) is 0 Å². The highest BCUT2D eigenvalue weighted by atomic mass is 31.2. The van der Waals surface area contributed by atoms with Crippen LogP contribution in [0.15, 0.2) is 219 Å². The summed E-state index contributed by atoms with van der Waals surface area (Å²) in [5.41, 5.74) is 32.9. The van der Waals surface area contributed by atoms with Crippen LogP contribution < -0.4 is 9.05 Å². The molecule has 10 aromatic carbocycles. The molecule has 2 aliphatic carbocycles. The Balaban J connectivity index is 0.887. The molecule has 4 aromatic heterocycles. The normalized spacial score (nSPS) is 14.3. The summed E-state index contributed by atoms with van der Waals surface area (Å²) in [7, 11) is -3.40. The van der Waals surface area contributed by atoms with Crippen LogP contribution in [0.2, 0.25) is 0 Å². The van der Waals surface area contributed by atoms with E-state index in [1.807, 2.05) is 0 Å². The fourth-order valence-corrected chi connectivity index (χ4v) is 21.0. The average Bonchev–Trinajstić information content (AvgIpc) is 1.43. The van der Waals surface area contributed by atoms with Gasteiger partial charge in [-0.15, -0.1) is 0 Å². The first-order chi connectivity index (χ1) is 54.5. The number of rotatable bonds is 13. The number of nitrogens with zero attached hydrogens (tertiary/aromatic N) is 4. The Morgan fingerprint density at radius 1 is 0.224 bits per heavy atom. The lowest BCUT2D eigenvalue weighted by Crippen LogP contribution is -2.16. The van der Waals surface area contributed by atoms with E-state index in [4.69, 9.17) is 9.05 Å². The molecule has 14 aromatic rings.